The van der Waals surface area contributed by atoms with E-state index in [0.29, 0.717) is 13.0 Å². The molecule has 0 aliphatic carbocycles. The van der Waals surface area contributed by atoms with Crippen LogP contribution in [0.4, 0.5) is 0 Å². The molecule has 1 fully saturated rings. The Morgan fingerprint density at radius 3 is 3.10 bits per heavy atom. The van der Waals surface area contributed by atoms with E-state index in [-0.39, 0.29) is 18.4 Å². The maximum atomic E-state index is 11.2. The first kappa shape index (κ1) is 17.6. The molecule has 1 aromatic rings. The molecule has 0 aromatic carbocycles. The summed E-state index contributed by atoms with van der Waals surface area (Å²) in [4.78, 5) is 11.2. The molecule has 0 saturated carbocycles. The van der Waals surface area contributed by atoms with Crippen LogP contribution in [0.2, 0.25) is 0 Å². The van der Waals surface area contributed by atoms with Gasteiger partial charge in [-0.25, -0.2) is 0 Å². The Kier molecular flexibility index (Phi) is 7.90. The third kappa shape index (κ3) is 6.21. The van der Waals surface area contributed by atoms with Gasteiger partial charge < -0.3 is 10.1 Å². The predicted molar refractivity (Wildman–Crippen MR) is 85.2 cm³/mol. The van der Waals surface area contributed by atoms with Crippen LogP contribution in [0.1, 0.15) is 44.7 Å². The maximum absolute atomic E-state index is 11.2. The highest BCUT2D eigenvalue weighted by molar-refractivity contribution is 5.85. The molecule has 0 spiro atoms. The van der Waals surface area contributed by atoms with Crippen molar-refractivity contribution in [1.29, 1.82) is 0 Å². The van der Waals surface area contributed by atoms with Crippen molar-refractivity contribution >= 4 is 24.5 Å². The summed E-state index contributed by atoms with van der Waals surface area (Å²) in [5.41, 5.74) is 2.25. The predicted octanol–water partition coefficient (Wildman–Crippen LogP) is 2.76. The van der Waals surface area contributed by atoms with Gasteiger partial charge in [0, 0.05) is 31.4 Å². The van der Waals surface area contributed by atoms with E-state index in [9.17, 15) is 4.79 Å². The Morgan fingerprint density at radius 2 is 2.38 bits per heavy atom. The lowest BCUT2D eigenvalue weighted by Crippen LogP contribution is -2.19. The second-order valence-corrected chi connectivity index (χ2v) is 4.97. The van der Waals surface area contributed by atoms with E-state index < -0.39 is 0 Å². The van der Waals surface area contributed by atoms with Gasteiger partial charge >= 0.3 is 5.97 Å². The highest BCUT2D eigenvalue weighted by atomic mass is 35.5. The number of ether oxygens (including phenoxy) is 1. The van der Waals surface area contributed by atoms with Gasteiger partial charge in [-0.15, -0.1) is 12.4 Å². The minimum absolute atomic E-state index is 0. The molecule has 1 aliphatic rings. The summed E-state index contributed by atoms with van der Waals surface area (Å²) < 4.78 is 6.78. The van der Waals surface area contributed by atoms with Gasteiger partial charge in [0.05, 0.1) is 12.3 Å². The lowest BCUT2D eigenvalue weighted by molar-refractivity contribution is -0.143. The number of hydrogen-bond acceptors (Lipinski definition) is 4. The lowest BCUT2D eigenvalue weighted by atomic mass is 10.1. The van der Waals surface area contributed by atoms with Crippen molar-refractivity contribution in [1.82, 2.24) is 15.1 Å². The number of carbonyl (C=O) groups excluding carboxylic acids is 1. The van der Waals surface area contributed by atoms with Gasteiger partial charge in [-0.1, -0.05) is 0 Å². The molecule has 0 radical (unpaired) electrons. The van der Waals surface area contributed by atoms with Crippen molar-refractivity contribution in [3.8, 4) is 0 Å². The van der Waals surface area contributed by atoms with Crippen LogP contribution in [0, 0.1) is 0 Å². The fourth-order valence-electron chi connectivity index (χ4n) is 2.28. The normalized spacial score (nSPS) is 16.1. The van der Waals surface area contributed by atoms with E-state index in [1.165, 1.54) is 18.5 Å². The van der Waals surface area contributed by atoms with Gasteiger partial charge in [-0.05, 0) is 44.7 Å². The first-order chi connectivity index (χ1) is 9.78. The van der Waals surface area contributed by atoms with Gasteiger partial charge in [0.1, 0.15) is 0 Å². The first-order valence-corrected chi connectivity index (χ1v) is 7.41. The van der Waals surface area contributed by atoms with Gasteiger partial charge in [0.2, 0.25) is 0 Å². The van der Waals surface area contributed by atoms with Gasteiger partial charge in [-0.2, -0.15) is 5.10 Å². The zero-order valence-electron chi connectivity index (χ0n) is 12.5. The van der Waals surface area contributed by atoms with Crippen LogP contribution < -0.4 is 5.32 Å². The number of halogens is 1. The number of aryl methyl sites for hydroxylation is 1. The van der Waals surface area contributed by atoms with Gasteiger partial charge in [0.25, 0.3) is 0 Å². The van der Waals surface area contributed by atoms with Crippen LogP contribution in [0.15, 0.2) is 18.0 Å². The largest absolute Gasteiger partial charge is 0.466 e. The highest BCUT2D eigenvalue weighted by Crippen LogP contribution is 2.13. The Hall–Kier alpha value is -1.49. The summed E-state index contributed by atoms with van der Waals surface area (Å²) >= 11 is 0. The molecule has 1 aromatic heterocycles. The number of aromatic nitrogens is 2. The molecule has 21 heavy (non-hydrogen) atoms. The van der Waals surface area contributed by atoms with Crippen molar-refractivity contribution < 1.29 is 9.53 Å². The molecule has 118 valence electrons. The topological polar surface area (TPSA) is 56.1 Å². The summed E-state index contributed by atoms with van der Waals surface area (Å²) in [6, 6.07) is 2.01. The van der Waals surface area contributed by atoms with Crippen LogP contribution in [0.5, 0.6) is 0 Å². The highest BCUT2D eigenvalue weighted by Gasteiger charge is 2.06. The molecule has 1 N–H and O–H groups in total. The van der Waals surface area contributed by atoms with Crippen LogP contribution in [-0.2, 0) is 16.1 Å². The Balaban J connectivity index is 0.00000220. The fraction of sp³-hybridized carbons (Fsp3) is 0.600. The smallest absolute Gasteiger partial charge is 0.305 e. The molecule has 1 aliphatic heterocycles. The van der Waals surface area contributed by atoms with Crippen LogP contribution >= 0.6 is 12.4 Å². The molecule has 1 saturated heterocycles. The van der Waals surface area contributed by atoms with Crippen molar-refractivity contribution in [3.05, 3.63) is 23.7 Å². The summed E-state index contributed by atoms with van der Waals surface area (Å²) in [6.07, 6.45) is 8.89. The number of nitrogens with zero attached hydrogens (tertiary/aromatic N) is 2. The van der Waals surface area contributed by atoms with E-state index in [1.807, 2.05) is 23.9 Å². The maximum Gasteiger partial charge on any atom is 0.305 e. The Bertz CT molecular complexity index is 463. The van der Waals surface area contributed by atoms with E-state index in [1.54, 1.807) is 0 Å². The second kappa shape index (κ2) is 9.45. The van der Waals surface area contributed by atoms with E-state index >= 15 is 0 Å². The van der Waals surface area contributed by atoms with E-state index in [0.717, 1.165) is 31.6 Å². The third-order valence-corrected chi connectivity index (χ3v) is 3.28. The average Bonchev–Trinajstić information content (AvgIpc) is 2.88. The zero-order valence-corrected chi connectivity index (χ0v) is 13.3. The number of esters is 1. The average molecular weight is 314 g/mol. The second-order valence-electron chi connectivity index (χ2n) is 4.97. The number of piperidine rings is 1. The van der Waals surface area contributed by atoms with Crippen molar-refractivity contribution in [3.63, 3.8) is 0 Å². The molecule has 2 heterocycles. The standard InChI is InChI=1S/C15H23N3O2.ClH/c1-2-20-15(19)7-5-10-18-11-8-14(17-18)12-13-6-3-4-9-16-13;/h8,11-12,16H,2-7,9-10H2,1H3;1H. The van der Waals surface area contributed by atoms with Crippen molar-refractivity contribution in [2.75, 3.05) is 13.2 Å². The molecule has 0 atom stereocenters. The van der Waals surface area contributed by atoms with Crippen LogP contribution in [-0.4, -0.2) is 28.9 Å². The summed E-state index contributed by atoms with van der Waals surface area (Å²) in [7, 11) is 0. The number of nitrogens with one attached hydrogen (secondary N) is 1. The molecular weight excluding hydrogens is 290 g/mol. The summed E-state index contributed by atoms with van der Waals surface area (Å²) in [5, 5.41) is 7.89. The first-order valence-electron chi connectivity index (χ1n) is 7.41. The monoisotopic (exact) mass is 313 g/mol. The third-order valence-electron chi connectivity index (χ3n) is 3.28. The van der Waals surface area contributed by atoms with E-state index in [4.69, 9.17) is 4.74 Å². The zero-order chi connectivity index (χ0) is 14.2. The SMILES string of the molecule is CCOC(=O)CCCn1ccc(C=C2CCCCN2)n1.Cl. The molecule has 0 unspecified atom stereocenters. The number of rotatable bonds is 6. The van der Waals surface area contributed by atoms with Gasteiger partial charge in [-0.3, -0.25) is 9.48 Å². The minimum Gasteiger partial charge on any atom is -0.466 e. The molecule has 2 rings (SSSR count). The lowest BCUT2D eigenvalue weighted by Gasteiger charge is -2.15. The quantitative estimate of drug-likeness (QED) is 0.821. The number of allylic oxidation sites excluding steroid dienone is 1. The fourth-order valence-corrected chi connectivity index (χ4v) is 2.28. The molecule has 0 bridgehead atoms. The molecule has 0 amide bonds. The summed E-state index contributed by atoms with van der Waals surface area (Å²) in [6.45, 7) is 4.08. The van der Waals surface area contributed by atoms with Crippen molar-refractivity contribution in [2.24, 2.45) is 0 Å². The minimum atomic E-state index is -0.131. The summed E-state index contributed by atoms with van der Waals surface area (Å²) in [5.74, 6) is -0.131. The molecular formula is C15H24ClN3O2. The Morgan fingerprint density at radius 1 is 1.52 bits per heavy atom. The van der Waals surface area contributed by atoms with Gasteiger partial charge in [0.15, 0.2) is 0 Å². The van der Waals surface area contributed by atoms with E-state index in [2.05, 4.69) is 16.5 Å². The number of carbonyl (C=O) groups is 1. The van der Waals surface area contributed by atoms with Crippen LogP contribution in [0.25, 0.3) is 6.08 Å². The van der Waals surface area contributed by atoms with Crippen LogP contribution in [0.3, 0.4) is 0 Å². The Labute approximate surface area is 132 Å². The van der Waals surface area contributed by atoms with Crippen molar-refractivity contribution in [2.45, 2.75) is 45.6 Å². The molecule has 5 nitrogen and oxygen atoms in total. The number of hydrogen-bond donors (Lipinski definition) is 1. The molecule has 6 heteroatoms.